The molecule has 1 aliphatic rings. The van der Waals surface area contributed by atoms with E-state index in [0.29, 0.717) is 0 Å². The minimum Gasteiger partial charge on any atom is -0.508 e. The number of hydrogen-bond donors (Lipinski definition) is 2. The Hall–Kier alpha value is -2.08. The second-order valence-electron chi connectivity index (χ2n) is 5.15. The summed E-state index contributed by atoms with van der Waals surface area (Å²) in [6, 6.07) is 6.34. The Balaban J connectivity index is 1.77. The summed E-state index contributed by atoms with van der Waals surface area (Å²) >= 11 is 0. The summed E-state index contributed by atoms with van der Waals surface area (Å²) in [6.45, 7) is 3.10. The van der Waals surface area contributed by atoms with Crippen LogP contribution in [-0.4, -0.2) is 41.7 Å². The number of hydrazine groups is 1. The molecule has 0 saturated carbocycles. The van der Waals surface area contributed by atoms with Gasteiger partial charge in [0.15, 0.2) is 6.61 Å². The van der Waals surface area contributed by atoms with Gasteiger partial charge in [0, 0.05) is 13.1 Å². The van der Waals surface area contributed by atoms with Crippen molar-refractivity contribution in [1.29, 1.82) is 0 Å². The largest absolute Gasteiger partial charge is 0.508 e. The highest BCUT2D eigenvalue weighted by Gasteiger charge is 2.19. The number of ether oxygens (including phenoxy) is 1. The number of benzene rings is 1. The molecule has 6 heteroatoms. The Morgan fingerprint density at radius 1 is 1.29 bits per heavy atom. The highest BCUT2D eigenvalue weighted by molar-refractivity contribution is 5.82. The summed E-state index contributed by atoms with van der Waals surface area (Å²) in [6.07, 6.45) is 2.13. The number of carbonyl (C=O) groups excluding carboxylic acids is 2. The van der Waals surface area contributed by atoms with Gasteiger partial charge in [-0.2, -0.15) is 0 Å². The Morgan fingerprint density at radius 3 is 2.52 bits per heavy atom. The van der Waals surface area contributed by atoms with Gasteiger partial charge in [-0.1, -0.05) is 12.1 Å². The summed E-state index contributed by atoms with van der Waals surface area (Å²) in [4.78, 5) is 23.5. The number of hydrogen-bond acceptors (Lipinski definition) is 5. The fourth-order valence-corrected chi connectivity index (χ4v) is 2.20. The molecule has 0 aliphatic carbocycles. The molecular formula is C15H20N2O4. The number of aromatic hydroxyl groups is 1. The predicted molar refractivity (Wildman–Crippen MR) is 76.4 cm³/mol. The van der Waals surface area contributed by atoms with E-state index >= 15 is 0 Å². The van der Waals surface area contributed by atoms with Crippen molar-refractivity contribution in [2.24, 2.45) is 0 Å². The first-order chi connectivity index (χ1) is 10.1. The van der Waals surface area contributed by atoms with Crippen LogP contribution in [0.2, 0.25) is 0 Å². The Bertz CT molecular complexity index is 495. The van der Waals surface area contributed by atoms with Crippen molar-refractivity contribution >= 4 is 11.9 Å². The number of carbonyl (C=O) groups is 2. The van der Waals surface area contributed by atoms with Crippen LogP contribution in [0.1, 0.15) is 31.2 Å². The molecule has 0 spiro atoms. The van der Waals surface area contributed by atoms with E-state index in [9.17, 15) is 14.7 Å². The van der Waals surface area contributed by atoms with E-state index < -0.39 is 11.9 Å². The third-order valence-corrected chi connectivity index (χ3v) is 3.48. The molecule has 0 aromatic heterocycles. The zero-order chi connectivity index (χ0) is 15.2. The number of nitrogens with one attached hydrogen (secondary N) is 1. The SMILES string of the molecule is CC(C(=O)OCC(=O)NN1CCCC1)c1ccc(O)cc1. The third kappa shape index (κ3) is 4.46. The molecule has 0 radical (unpaired) electrons. The van der Waals surface area contributed by atoms with Gasteiger partial charge in [-0.15, -0.1) is 0 Å². The van der Waals surface area contributed by atoms with E-state index in [4.69, 9.17) is 4.74 Å². The van der Waals surface area contributed by atoms with Gasteiger partial charge in [-0.3, -0.25) is 15.0 Å². The van der Waals surface area contributed by atoms with E-state index in [1.165, 1.54) is 12.1 Å². The molecular weight excluding hydrogens is 272 g/mol. The number of phenols is 1. The van der Waals surface area contributed by atoms with Gasteiger partial charge in [0.05, 0.1) is 5.92 Å². The molecule has 1 atom stereocenters. The summed E-state index contributed by atoms with van der Waals surface area (Å²) < 4.78 is 5.02. The van der Waals surface area contributed by atoms with Gasteiger partial charge in [-0.25, -0.2) is 5.01 Å². The monoisotopic (exact) mass is 292 g/mol. The molecule has 1 aromatic rings. The van der Waals surface area contributed by atoms with Gasteiger partial charge >= 0.3 is 5.97 Å². The van der Waals surface area contributed by atoms with Crippen LogP contribution < -0.4 is 5.43 Å². The lowest BCUT2D eigenvalue weighted by atomic mass is 10.0. The molecule has 114 valence electrons. The summed E-state index contributed by atoms with van der Waals surface area (Å²) in [5.74, 6) is -1.12. The van der Waals surface area contributed by atoms with Crippen molar-refractivity contribution in [3.05, 3.63) is 29.8 Å². The topological polar surface area (TPSA) is 78.9 Å². The standard InChI is InChI=1S/C15H20N2O4/c1-11(12-4-6-13(18)7-5-12)15(20)21-10-14(19)16-17-8-2-3-9-17/h4-7,11,18H,2-3,8-10H2,1H3,(H,16,19). The minimum absolute atomic E-state index is 0.143. The molecule has 1 heterocycles. The summed E-state index contributed by atoms with van der Waals surface area (Å²) in [5, 5.41) is 11.0. The van der Waals surface area contributed by atoms with Crippen LogP contribution in [0.4, 0.5) is 0 Å². The first kappa shape index (κ1) is 15.3. The summed E-state index contributed by atoms with van der Waals surface area (Å²) in [5.41, 5.74) is 3.44. The lowest BCUT2D eigenvalue weighted by Gasteiger charge is -2.17. The Labute approximate surface area is 123 Å². The average molecular weight is 292 g/mol. The maximum absolute atomic E-state index is 11.9. The third-order valence-electron chi connectivity index (χ3n) is 3.48. The Kier molecular flexibility index (Phi) is 5.16. The second-order valence-corrected chi connectivity index (χ2v) is 5.15. The number of rotatable bonds is 5. The van der Waals surface area contributed by atoms with Gasteiger partial charge < -0.3 is 9.84 Å². The van der Waals surface area contributed by atoms with Crippen molar-refractivity contribution in [2.75, 3.05) is 19.7 Å². The molecule has 0 bridgehead atoms. The van der Waals surface area contributed by atoms with E-state index in [-0.39, 0.29) is 18.3 Å². The number of nitrogens with zero attached hydrogens (tertiary/aromatic N) is 1. The molecule has 1 unspecified atom stereocenters. The van der Waals surface area contributed by atoms with Crippen LogP contribution in [0, 0.1) is 0 Å². The van der Waals surface area contributed by atoms with Gasteiger partial charge in [-0.05, 0) is 37.5 Å². The number of esters is 1. The zero-order valence-electron chi connectivity index (χ0n) is 12.0. The normalized spacial score (nSPS) is 16.4. The molecule has 1 aliphatic heterocycles. The van der Waals surface area contributed by atoms with Crippen molar-refractivity contribution < 1.29 is 19.4 Å². The maximum Gasteiger partial charge on any atom is 0.313 e. The average Bonchev–Trinajstić information content (AvgIpc) is 2.97. The molecule has 1 amide bonds. The van der Waals surface area contributed by atoms with Crippen LogP contribution in [0.15, 0.2) is 24.3 Å². The van der Waals surface area contributed by atoms with E-state index in [1.54, 1.807) is 19.1 Å². The van der Waals surface area contributed by atoms with Gasteiger partial charge in [0.2, 0.25) is 0 Å². The van der Waals surface area contributed by atoms with E-state index in [1.807, 2.05) is 5.01 Å². The molecule has 21 heavy (non-hydrogen) atoms. The van der Waals surface area contributed by atoms with Crippen molar-refractivity contribution in [3.8, 4) is 5.75 Å². The van der Waals surface area contributed by atoms with Crippen molar-refractivity contribution in [2.45, 2.75) is 25.7 Å². The highest BCUT2D eigenvalue weighted by atomic mass is 16.5. The molecule has 2 rings (SSSR count). The van der Waals surface area contributed by atoms with Crippen LogP contribution >= 0.6 is 0 Å². The van der Waals surface area contributed by atoms with Crippen LogP contribution in [0.5, 0.6) is 5.75 Å². The van der Waals surface area contributed by atoms with Gasteiger partial charge in [0.1, 0.15) is 5.75 Å². The minimum atomic E-state index is -0.481. The fraction of sp³-hybridized carbons (Fsp3) is 0.467. The van der Waals surface area contributed by atoms with Crippen LogP contribution in [0.25, 0.3) is 0 Å². The molecule has 1 fully saturated rings. The first-order valence-corrected chi connectivity index (χ1v) is 7.06. The molecule has 2 N–H and O–H groups in total. The smallest absolute Gasteiger partial charge is 0.313 e. The second kappa shape index (κ2) is 7.08. The maximum atomic E-state index is 11.9. The van der Waals surface area contributed by atoms with E-state index in [2.05, 4.69) is 5.43 Å². The Morgan fingerprint density at radius 2 is 1.90 bits per heavy atom. The predicted octanol–water partition coefficient (Wildman–Crippen LogP) is 1.17. The van der Waals surface area contributed by atoms with Crippen LogP contribution in [0.3, 0.4) is 0 Å². The highest BCUT2D eigenvalue weighted by Crippen LogP contribution is 2.19. The van der Waals surface area contributed by atoms with E-state index in [0.717, 1.165) is 31.5 Å². The lowest BCUT2D eigenvalue weighted by molar-refractivity contribution is -0.150. The quantitative estimate of drug-likeness (QED) is 0.796. The lowest BCUT2D eigenvalue weighted by Crippen LogP contribution is -2.42. The number of amides is 1. The number of phenolic OH excluding ortho intramolecular Hbond substituents is 1. The zero-order valence-corrected chi connectivity index (χ0v) is 12.0. The van der Waals surface area contributed by atoms with Crippen molar-refractivity contribution in [1.82, 2.24) is 10.4 Å². The molecule has 1 aromatic carbocycles. The van der Waals surface area contributed by atoms with Crippen LogP contribution in [-0.2, 0) is 14.3 Å². The summed E-state index contributed by atoms with van der Waals surface area (Å²) in [7, 11) is 0. The first-order valence-electron chi connectivity index (χ1n) is 7.06. The van der Waals surface area contributed by atoms with Crippen molar-refractivity contribution in [3.63, 3.8) is 0 Å². The fourth-order valence-electron chi connectivity index (χ4n) is 2.20. The molecule has 1 saturated heterocycles. The van der Waals surface area contributed by atoms with Gasteiger partial charge in [0.25, 0.3) is 5.91 Å². The molecule has 6 nitrogen and oxygen atoms in total.